The van der Waals surface area contributed by atoms with Gasteiger partial charge in [-0.2, -0.15) is 0 Å². The summed E-state index contributed by atoms with van der Waals surface area (Å²) < 4.78 is 5.30. The van der Waals surface area contributed by atoms with Crippen LogP contribution in [0.15, 0.2) is 0 Å². The number of carbonyl (C=O) groups excluding carboxylic acids is 1. The lowest BCUT2D eigenvalue weighted by molar-refractivity contribution is -0.136. The number of hydrogen-bond donors (Lipinski definition) is 2. The third kappa shape index (κ3) is 5.11. The highest BCUT2D eigenvalue weighted by atomic mass is 16.5. The van der Waals surface area contributed by atoms with Gasteiger partial charge in [0.15, 0.2) is 0 Å². The van der Waals surface area contributed by atoms with Gasteiger partial charge < -0.3 is 15.4 Å². The highest BCUT2D eigenvalue weighted by Crippen LogP contribution is 2.29. The molecular weight excluding hydrogens is 240 g/mol. The predicted molar refractivity (Wildman–Crippen MR) is 78.1 cm³/mol. The number of hydrogen-bond acceptors (Lipinski definition) is 3. The number of piperidine rings is 1. The van der Waals surface area contributed by atoms with E-state index in [4.69, 9.17) is 4.74 Å². The van der Waals surface area contributed by atoms with Gasteiger partial charge in [0.25, 0.3) is 0 Å². The van der Waals surface area contributed by atoms with Crippen LogP contribution < -0.4 is 10.6 Å². The number of nitrogens with one attached hydrogen (secondary N) is 2. The Hall–Kier alpha value is -0.610. The smallest absolute Gasteiger partial charge is 0.228 e. The molecular formula is C15H30N2O2. The molecule has 1 atom stereocenters. The molecule has 1 rings (SSSR count). The maximum atomic E-state index is 12.5. The molecule has 1 unspecified atom stereocenters. The number of methoxy groups -OCH3 is 1. The van der Waals surface area contributed by atoms with Crippen molar-refractivity contribution in [2.45, 2.75) is 52.5 Å². The van der Waals surface area contributed by atoms with E-state index in [2.05, 4.69) is 31.4 Å². The van der Waals surface area contributed by atoms with Gasteiger partial charge in [-0.15, -0.1) is 0 Å². The molecule has 1 saturated heterocycles. The van der Waals surface area contributed by atoms with Crippen molar-refractivity contribution in [2.24, 2.45) is 11.3 Å². The van der Waals surface area contributed by atoms with Crippen molar-refractivity contribution in [3.05, 3.63) is 0 Å². The SMILES string of the molecule is COCC1(C(=O)NC(C)CCC(C)C)CCNCC1. The Morgan fingerprint density at radius 2 is 1.89 bits per heavy atom. The van der Waals surface area contributed by atoms with E-state index in [1.165, 1.54) is 0 Å². The maximum absolute atomic E-state index is 12.5. The van der Waals surface area contributed by atoms with Crippen LogP contribution >= 0.6 is 0 Å². The number of carbonyl (C=O) groups is 1. The molecule has 1 heterocycles. The van der Waals surface area contributed by atoms with Crippen molar-refractivity contribution in [1.82, 2.24) is 10.6 Å². The zero-order chi connectivity index (χ0) is 14.3. The zero-order valence-corrected chi connectivity index (χ0v) is 12.9. The topological polar surface area (TPSA) is 50.4 Å². The summed E-state index contributed by atoms with van der Waals surface area (Å²) in [6.45, 7) is 8.86. The fourth-order valence-electron chi connectivity index (χ4n) is 2.65. The van der Waals surface area contributed by atoms with E-state index in [0.717, 1.165) is 38.8 Å². The fraction of sp³-hybridized carbons (Fsp3) is 0.933. The van der Waals surface area contributed by atoms with Crippen molar-refractivity contribution in [3.8, 4) is 0 Å². The molecule has 0 aromatic heterocycles. The third-order valence-electron chi connectivity index (χ3n) is 4.02. The second-order valence-electron chi connectivity index (χ2n) is 6.31. The molecule has 0 aromatic carbocycles. The normalized spacial score (nSPS) is 20.3. The minimum Gasteiger partial charge on any atom is -0.384 e. The first-order valence-electron chi connectivity index (χ1n) is 7.51. The van der Waals surface area contributed by atoms with Gasteiger partial charge in [-0.3, -0.25) is 4.79 Å². The Morgan fingerprint density at radius 3 is 2.42 bits per heavy atom. The van der Waals surface area contributed by atoms with Crippen LogP contribution in [0, 0.1) is 11.3 Å². The van der Waals surface area contributed by atoms with Crippen LogP contribution in [0.25, 0.3) is 0 Å². The van der Waals surface area contributed by atoms with Gasteiger partial charge in [0, 0.05) is 13.2 Å². The van der Waals surface area contributed by atoms with E-state index in [1.807, 2.05) is 0 Å². The molecule has 4 nitrogen and oxygen atoms in total. The molecule has 2 N–H and O–H groups in total. The standard InChI is InChI=1S/C15H30N2O2/c1-12(2)5-6-13(3)17-14(18)15(11-19-4)7-9-16-10-8-15/h12-13,16H,5-11H2,1-4H3,(H,17,18). The van der Waals surface area contributed by atoms with Crippen LogP contribution in [0.5, 0.6) is 0 Å². The number of rotatable bonds is 7. The Kier molecular flexibility index (Phi) is 6.80. The van der Waals surface area contributed by atoms with Crippen LogP contribution in [0.4, 0.5) is 0 Å². The molecule has 0 aromatic rings. The quantitative estimate of drug-likeness (QED) is 0.743. The lowest BCUT2D eigenvalue weighted by atomic mass is 9.78. The minimum absolute atomic E-state index is 0.173. The highest BCUT2D eigenvalue weighted by Gasteiger charge is 2.39. The van der Waals surface area contributed by atoms with Crippen molar-refractivity contribution in [3.63, 3.8) is 0 Å². The van der Waals surface area contributed by atoms with Crippen molar-refractivity contribution >= 4 is 5.91 Å². The van der Waals surface area contributed by atoms with Crippen LogP contribution in [0.3, 0.4) is 0 Å². The molecule has 0 radical (unpaired) electrons. The Morgan fingerprint density at radius 1 is 1.26 bits per heavy atom. The lowest BCUT2D eigenvalue weighted by Crippen LogP contribution is -2.52. The fourth-order valence-corrected chi connectivity index (χ4v) is 2.65. The van der Waals surface area contributed by atoms with Gasteiger partial charge in [-0.05, 0) is 51.6 Å². The molecule has 1 aliphatic rings. The number of amides is 1. The first kappa shape index (κ1) is 16.4. The van der Waals surface area contributed by atoms with Crippen molar-refractivity contribution in [2.75, 3.05) is 26.8 Å². The molecule has 0 saturated carbocycles. The monoisotopic (exact) mass is 270 g/mol. The summed E-state index contributed by atoms with van der Waals surface area (Å²) in [4.78, 5) is 12.5. The van der Waals surface area contributed by atoms with E-state index >= 15 is 0 Å². The summed E-state index contributed by atoms with van der Waals surface area (Å²) in [5.74, 6) is 0.860. The van der Waals surface area contributed by atoms with Gasteiger partial charge in [0.1, 0.15) is 0 Å². The van der Waals surface area contributed by atoms with Crippen LogP contribution in [-0.4, -0.2) is 38.8 Å². The summed E-state index contributed by atoms with van der Waals surface area (Å²) in [6.07, 6.45) is 3.93. The molecule has 0 spiro atoms. The third-order valence-corrected chi connectivity index (χ3v) is 4.02. The predicted octanol–water partition coefficient (Wildman–Crippen LogP) is 1.94. The first-order valence-corrected chi connectivity index (χ1v) is 7.51. The second kappa shape index (κ2) is 7.85. The minimum atomic E-state index is -0.327. The Bertz CT molecular complexity index is 268. The molecule has 112 valence electrons. The average Bonchev–Trinajstić information content (AvgIpc) is 2.37. The molecule has 1 fully saturated rings. The summed E-state index contributed by atoms with van der Waals surface area (Å²) in [6, 6.07) is 0.249. The van der Waals surface area contributed by atoms with E-state index in [9.17, 15) is 4.79 Å². The number of ether oxygens (including phenoxy) is 1. The maximum Gasteiger partial charge on any atom is 0.228 e. The van der Waals surface area contributed by atoms with Crippen LogP contribution in [0.2, 0.25) is 0 Å². The summed E-state index contributed by atoms with van der Waals surface area (Å²) in [5.41, 5.74) is -0.327. The molecule has 4 heteroatoms. The molecule has 1 aliphatic heterocycles. The summed E-state index contributed by atoms with van der Waals surface area (Å²) in [7, 11) is 1.68. The zero-order valence-electron chi connectivity index (χ0n) is 12.9. The van der Waals surface area contributed by atoms with E-state index in [1.54, 1.807) is 7.11 Å². The van der Waals surface area contributed by atoms with Crippen molar-refractivity contribution < 1.29 is 9.53 Å². The molecule has 19 heavy (non-hydrogen) atoms. The van der Waals surface area contributed by atoms with Gasteiger partial charge >= 0.3 is 0 Å². The van der Waals surface area contributed by atoms with E-state index in [0.29, 0.717) is 12.5 Å². The van der Waals surface area contributed by atoms with Crippen LogP contribution in [0.1, 0.15) is 46.5 Å². The molecule has 1 amide bonds. The van der Waals surface area contributed by atoms with Crippen LogP contribution in [-0.2, 0) is 9.53 Å². The van der Waals surface area contributed by atoms with E-state index in [-0.39, 0.29) is 17.4 Å². The Balaban J connectivity index is 2.52. The second-order valence-corrected chi connectivity index (χ2v) is 6.31. The molecule has 0 aliphatic carbocycles. The van der Waals surface area contributed by atoms with E-state index < -0.39 is 0 Å². The van der Waals surface area contributed by atoms with Gasteiger partial charge in [-0.25, -0.2) is 0 Å². The van der Waals surface area contributed by atoms with Crippen molar-refractivity contribution in [1.29, 1.82) is 0 Å². The Labute approximate surface area is 117 Å². The van der Waals surface area contributed by atoms with Gasteiger partial charge in [-0.1, -0.05) is 13.8 Å². The summed E-state index contributed by atoms with van der Waals surface area (Å²) >= 11 is 0. The largest absolute Gasteiger partial charge is 0.384 e. The van der Waals surface area contributed by atoms with Gasteiger partial charge in [0.2, 0.25) is 5.91 Å². The summed E-state index contributed by atoms with van der Waals surface area (Å²) in [5, 5.41) is 6.49. The van der Waals surface area contributed by atoms with Gasteiger partial charge in [0.05, 0.1) is 12.0 Å². The first-order chi connectivity index (χ1) is 9.00. The molecule has 0 bridgehead atoms. The highest BCUT2D eigenvalue weighted by molar-refractivity contribution is 5.83. The average molecular weight is 270 g/mol. The lowest BCUT2D eigenvalue weighted by Gasteiger charge is -2.36.